The minimum Gasteiger partial charge on any atom is -0.468 e. The van der Waals surface area contributed by atoms with Gasteiger partial charge in [0, 0.05) is 29.6 Å². The number of fused-ring (bicyclic) bond motifs is 3. The van der Waals surface area contributed by atoms with Crippen LogP contribution in [0.25, 0.3) is 10.9 Å². The van der Waals surface area contributed by atoms with Crippen LogP contribution < -0.4 is 15.7 Å². The molecular formula is C31H36N2O3Si. The van der Waals surface area contributed by atoms with Gasteiger partial charge in [-0.2, -0.15) is 0 Å². The third-order valence-electron chi connectivity index (χ3n) is 7.63. The van der Waals surface area contributed by atoms with Crippen molar-refractivity contribution in [3.05, 3.63) is 96.2 Å². The quantitative estimate of drug-likeness (QED) is 0.274. The van der Waals surface area contributed by atoms with E-state index < -0.39 is 8.32 Å². The summed E-state index contributed by atoms with van der Waals surface area (Å²) in [6.07, 6.45) is 1.34. The number of nitrogens with one attached hydrogen (secondary N) is 2. The smallest absolute Gasteiger partial charge is 0.323 e. The van der Waals surface area contributed by atoms with Gasteiger partial charge in [0.15, 0.2) is 0 Å². The minimum absolute atomic E-state index is 0.0431. The van der Waals surface area contributed by atoms with Crippen molar-refractivity contribution in [3.63, 3.8) is 0 Å². The Bertz CT molecular complexity index is 1320. The highest BCUT2D eigenvalue weighted by molar-refractivity contribution is 6.99. The van der Waals surface area contributed by atoms with Crippen LogP contribution in [0.15, 0.2) is 84.9 Å². The Morgan fingerprint density at radius 1 is 0.919 bits per heavy atom. The maximum atomic E-state index is 12.6. The van der Waals surface area contributed by atoms with Crippen LogP contribution in [0, 0.1) is 0 Å². The Hall–Kier alpha value is -3.19. The number of hydrogen-bond acceptors (Lipinski definition) is 4. The zero-order chi connectivity index (χ0) is 26.0. The van der Waals surface area contributed by atoms with E-state index in [-0.39, 0.29) is 23.1 Å². The molecule has 2 N–H and O–H groups in total. The van der Waals surface area contributed by atoms with Gasteiger partial charge in [0.05, 0.1) is 13.2 Å². The van der Waals surface area contributed by atoms with Gasteiger partial charge in [0.1, 0.15) is 6.04 Å². The summed E-state index contributed by atoms with van der Waals surface area (Å²) in [5.41, 5.74) is 3.44. The molecule has 4 aromatic rings. The minimum atomic E-state index is -2.63. The normalized spacial score (nSPS) is 17.9. The predicted octanol–water partition coefficient (Wildman–Crippen LogP) is 4.86. The second-order valence-corrected chi connectivity index (χ2v) is 15.2. The molecule has 1 aromatic heterocycles. The van der Waals surface area contributed by atoms with Gasteiger partial charge in [0.2, 0.25) is 0 Å². The standard InChI is InChI=1S/C31H36N2O3Si/c1-31(2,3)37(22-13-7-5-8-14-22,23-15-9-6-10-16-23)36-20-19-27-29-25(21-28(32-27)30(34)35-4)24-17-11-12-18-26(24)33-29/h5-18,27-28,32-33H,19-21H2,1-4H3/t27-,28-/m0/s1. The summed E-state index contributed by atoms with van der Waals surface area (Å²) < 4.78 is 12.3. The van der Waals surface area contributed by atoms with Crippen molar-refractivity contribution in [2.75, 3.05) is 13.7 Å². The third kappa shape index (κ3) is 4.65. The van der Waals surface area contributed by atoms with E-state index >= 15 is 0 Å². The van der Waals surface area contributed by atoms with Gasteiger partial charge in [-0.3, -0.25) is 10.1 Å². The molecule has 0 saturated carbocycles. The lowest BCUT2D eigenvalue weighted by Gasteiger charge is -2.43. The number of aromatic nitrogens is 1. The van der Waals surface area contributed by atoms with E-state index in [9.17, 15) is 4.79 Å². The van der Waals surface area contributed by atoms with Crippen molar-refractivity contribution in [1.82, 2.24) is 10.3 Å². The average Bonchev–Trinajstić information content (AvgIpc) is 3.30. The summed E-state index contributed by atoms with van der Waals surface area (Å²) in [5.74, 6) is -0.228. The first kappa shape index (κ1) is 25.5. The zero-order valence-corrected chi connectivity index (χ0v) is 23.1. The van der Waals surface area contributed by atoms with Gasteiger partial charge in [-0.25, -0.2) is 0 Å². The Kier molecular flexibility index (Phi) is 7.08. The molecule has 0 bridgehead atoms. The third-order valence-corrected chi connectivity index (χ3v) is 12.7. The summed E-state index contributed by atoms with van der Waals surface area (Å²) in [6.45, 7) is 7.44. The first-order valence-corrected chi connectivity index (χ1v) is 14.9. The highest BCUT2D eigenvalue weighted by Gasteiger charge is 2.50. The number of carbonyl (C=O) groups is 1. The molecule has 0 fully saturated rings. The van der Waals surface area contributed by atoms with Crippen molar-refractivity contribution < 1.29 is 14.0 Å². The van der Waals surface area contributed by atoms with Gasteiger partial charge >= 0.3 is 5.97 Å². The molecule has 2 heterocycles. The van der Waals surface area contributed by atoms with E-state index in [1.165, 1.54) is 28.4 Å². The molecule has 2 atom stereocenters. The Labute approximate surface area is 220 Å². The van der Waals surface area contributed by atoms with Crippen molar-refractivity contribution >= 4 is 35.6 Å². The molecular weight excluding hydrogens is 476 g/mol. The van der Waals surface area contributed by atoms with Crippen LogP contribution in [0.4, 0.5) is 0 Å². The van der Waals surface area contributed by atoms with Crippen LogP contribution in [0.2, 0.25) is 5.04 Å². The van der Waals surface area contributed by atoms with E-state index in [0.29, 0.717) is 13.0 Å². The molecule has 37 heavy (non-hydrogen) atoms. The number of hydrogen-bond donors (Lipinski definition) is 2. The van der Waals surface area contributed by atoms with E-state index in [0.717, 1.165) is 17.6 Å². The van der Waals surface area contributed by atoms with Crippen molar-refractivity contribution in [1.29, 1.82) is 0 Å². The summed E-state index contributed by atoms with van der Waals surface area (Å²) in [7, 11) is -1.18. The number of H-pyrrole nitrogens is 1. The fraction of sp³-hybridized carbons (Fsp3) is 0.323. The molecule has 0 radical (unpaired) electrons. The number of aromatic amines is 1. The molecule has 0 aliphatic carbocycles. The number of ether oxygens (including phenoxy) is 1. The molecule has 1 aliphatic rings. The molecule has 6 heteroatoms. The lowest BCUT2D eigenvalue weighted by molar-refractivity contribution is -0.143. The zero-order valence-electron chi connectivity index (χ0n) is 22.1. The van der Waals surface area contributed by atoms with Crippen molar-refractivity contribution in [3.8, 4) is 0 Å². The first-order chi connectivity index (χ1) is 17.8. The van der Waals surface area contributed by atoms with Gasteiger partial charge in [-0.1, -0.05) is 99.6 Å². The van der Waals surface area contributed by atoms with Crippen LogP contribution in [0.5, 0.6) is 0 Å². The van der Waals surface area contributed by atoms with Crippen LogP contribution in [-0.4, -0.2) is 39.0 Å². The fourth-order valence-corrected chi connectivity index (χ4v) is 10.5. The van der Waals surface area contributed by atoms with E-state index in [2.05, 4.69) is 104 Å². The lowest BCUT2D eigenvalue weighted by Crippen LogP contribution is -2.66. The Morgan fingerprint density at radius 3 is 2.11 bits per heavy atom. The topological polar surface area (TPSA) is 63.4 Å². The molecule has 0 unspecified atom stereocenters. The maximum Gasteiger partial charge on any atom is 0.323 e. The van der Waals surface area contributed by atoms with Crippen molar-refractivity contribution in [2.45, 2.75) is 50.7 Å². The molecule has 5 rings (SSSR count). The average molecular weight is 513 g/mol. The highest BCUT2D eigenvalue weighted by atomic mass is 28.4. The van der Waals surface area contributed by atoms with Crippen LogP contribution >= 0.6 is 0 Å². The van der Waals surface area contributed by atoms with Gasteiger partial charge in [-0.05, 0) is 33.5 Å². The van der Waals surface area contributed by atoms with Crippen LogP contribution in [0.3, 0.4) is 0 Å². The van der Waals surface area contributed by atoms with Crippen LogP contribution in [0.1, 0.15) is 44.5 Å². The molecule has 192 valence electrons. The van der Waals surface area contributed by atoms with Gasteiger partial charge in [-0.15, -0.1) is 0 Å². The number of esters is 1. The number of carbonyl (C=O) groups excluding carboxylic acids is 1. The molecule has 0 spiro atoms. The summed E-state index contributed by atoms with van der Waals surface area (Å²) in [5, 5.41) is 7.18. The second-order valence-electron chi connectivity index (χ2n) is 10.9. The molecule has 3 aromatic carbocycles. The summed E-state index contributed by atoms with van der Waals surface area (Å²) in [6, 6.07) is 29.3. The highest BCUT2D eigenvalue weighted by Crippen LogP contribution is 2.38. The first-order valence-electron chi connectivity index (χ1n) is 13.0. The largest absolute Gasteiger partial charge is 0.468 e. The predicted molar refractivity (Wildman–Crippen MR) is 152 cm³/mol. The van der Waals surface area contributed by atoms with E-state index in [4.69, 9.17) is 9.16 Å². The van der Waals surface area contributed by atoms with Gasteiger partial charge < -0.3 is 14.1 Å². The fourth-order valence-electron chi connectivity index (χ4n) is 5.94. The number of para-hydroxylation sites is 1. The molecule has 0 amide bonds. The molecule has 1 aliphatic heterocycles. The Morgan fingerprint density at radius 2 is 1.51 bits per heavy atom. The monoisotopic (exact) mass is 512 g/mol. The number of methoxy groups -OCH3 is 1. The Balaban J connectivity index is 1.49. The van der Waals surface area contributed by atoms with E-state index in [1.807, 2.05) is 12.1 Å². The second kappa shape index (κ2) is 10.3. The van der Waals surface area contributed by atoms with E-state index in [1.54, 1.807) is 0 Å². The maximum absolute atomic E-state index is 12.6. The van der Waals surface area contributed by atoms with Gasteiger partial charge in [0.25, 0.3) is 8.32 Å². The number of rotatable bonds is 7. The summed E-state index contributed by atoms with van der Waals surface area (Å²) >= 11 is 0. The van der Waals surface area contributed by atoms with Crippen LogP contribution in [-0.2, 0) is 20.4 Å². The molecule has 5 nitrogen and oxygen atoms in total. The number of benzene rings is 3. The molecule has 0 saturated heterocycles. The van der Waals surface area contributed by atoms with Crippen molar-refractivity contribution in [2.24, 2.45) is 0 Å². The summed E-state index contributed by atoms with van der Waals surface area (Å²) in [4.78, 5) is 16.2. The lowest BCUT2D eigenvalue weighted by atomic mass is 9.92. The SMILES string of the molecule is COC(=O)[C@@H]1Cc2c([nH]c3ccccc23)[C@H](CCO[Si](c2ccccc2)(c2ccccc2)C(C)(C)C)N1.